The Morgan fingerprint density at radius 2 is 1.83 bits per heavy atom. The molecule has 0 aromatic heterocycles. The van der Waals surface area contributed by atoms with E-state index < -0.39 is 18.4 Å². The Hall–Kier alpha value is -3.55. The summed E-state index contributed by atoms with van der Waals surface area (Å²) in [5.41, 5.74) is 0.818. The van der Waals surface area contributed by atoms with Gasteiger partial charge in [-0.25, -0.2) is 0 Å². The third kappa shape index (κ3) is 4.66. The molecule has 1 heterocycles. The maximum absolute atomic E-state index is 12.4. The molecule has 0 saturated heterocycles. The quantitative estimate of drug-likeness (QED) is 0.521. The first kappa shape index (κ1) is 20.2. The number of esters is 1. The van der Waals surface area contributed by atoms with Gasteiger partial charge in [-0.2, -0.15) is 0 Å². The van der Waals surface area contributed by atoms with Gasteiger partial charge in [0.1, 0.15) is 12.3 Å². The van der Waals surface area contributed by atoms with Gasteiger partial charge in [0.15, 0.2) is 23.9 Å². The standard InChI is InChI=1S/C21H21NO7/c1-26-18-8-7-14(11-19(18)27-2)16(23)13-29-21(25)12-22-15-5-3-4-6-17(15)28-10-9-20(22)24/h3-8,11H,9-10,12-13H2,1-2H3. The van der Waals surface area contributed by atoms with Crippen LogP contribution in [0.2, 0.25) is 0 Å². The molecule has 152 valence electrons. The van der Waals surface area contributed by atoms with Gasteiger partial charge in [0.2, 0.25) is 5.91 Å². The van der Waals surface area contributed by atoms with E-state index in [9.17, 15) is 14.4 Å². The molecule has 0 unspecified atom stereocenters. The summed E-state index contributed by atoms with van der Waals surface area (Å²) in [6.07, 6.45) is 0.145. The van der Waals surface area contributed by atoms with Crippen LogP contribution >= 0.6 is 0 Å². The molecule has 1 amide bonds. The normalized spacial score (nSPS) is 13.0. The van der Waals surface area contributed by atoms with Gasteiger partial charge in [-0.05, 0) is 30.3 Å². The number of methoxy groups -OCH3 is 2. The molecule has 2 aromatic carbocycles. The largest absolute Gasteiger partial charge is 0.493 e. The summed E-state index contributed by atoms with van der Waals surface area (Å²) in [6, 6.07) is 11.6. The zero-order valence-corrected chi connectivity index (χ0v) is 16.2. The molecular formula is C21H21NO7. The number of carbonyl (C=O) groups is 3. The third-order valence-corrected chi connectivity index (χ3v) is 4.39. The highest BCUT2D eigenvalue weighted by molar-refractivity contribution is 6.01. The van der Waals surface area contributed by atoms with Crippen molar-refractivity contribution < 1.29 is 33.3 Å². The number of carbonyl (C=O) groups excluding carboxylic acids is 3. The Kier molecular flexibility index (Phi) is 6.33. The lowest BCUT2D eigenvalue weighted by Gasteiger charge is -2.20. The highest BCUT2D eigenvalue weighted by Crippen LogP contribution is 2.31. The van der Waals surface area contributed by atoms with E-state index in [2.05, 4.69) is 0 Å². The maximum atomic E-state index is 12.4. The first-order chi connectivity index (χ1) is 14.0. The van der Waals surface area contributed by atoms with Crippen molar-refractivity contribution >= 4 is 23.3 Å². The Morgan fingerprint density at radius 3 is 2.59 bits per heavy atom. The van der Waals surface area contributed by atoms with Gasteiger partial charge in [-0.15, -0.1) is 0 Å². The summed E-state index contributed by atoms with van der Waals surface area (Å²) >= 11 is 0. The molecule has 29 heavy (non-hydrogen) atoms. The fourth-order valence-corrected chi connectivity index (χ4v) is 2.91. The van der Waals surface area contributed by atoms with Gasteiger partial charge in [-0.3, -0.25) is 19.3 Å². The molecular weight excluding hydrogens is 378 g/mol. The first-order valence-electron chi connectivity index (χ1n) is 8.96. The van der Waals surface area contributed by atoms with E-state index >= 15 is 0 Å². The molecule has 0 aliphatic carbocycles. The average Bonchev–Trinajstić information content (AvgIpc) is 2.90. The van der Waals surface area contributed by atoms with Crippen molar-refractivity contribution in [2.24, 2.45) is 0 Å². The van der Waals surface area contributed by atoms with Crippen LogP contribution in [0.15, 0.2) is 42.5 Å². The minimum Gasteiger partial charge on any atom is -0.493 e. The minimum atomic E-state index is -0.691. The molecule has 8 nitrogen and oxygen atoms in total. The minimum absolute atomic E-state index is 0.145. The van der Waals surface area contributed by atoms with Crippen molar-refractivity contribution in [1.82, 2.24) is 0 Å². The number of benzene rings is 2. The van der Waals surface area contributed by atoms with E-state index in [-0.39, 0.29) is 25.5 Å². The topological polar surface area (TPSA) is 91.4 Å². The highest BCUT2D eigenvalue weighted by atomic mass is 16.5. The molecule has 0 atom stereocenters. The predicted octanol–water partition coefficient (Wildman–Crippen LogP) is 2.25. The van der Waals surface area contributed by atoms with Gasteiger partial charge in [0.05, 0.1) is 32.9 Å². The first-order valence-corrected chi connectivity index (χ1v) is 8.96. The van der Waals surface area contributed by atoms with E-state index in [4.69, 9.17) is 18.9 Å². The Morgan fingerprint density at radius 1 is 1.07 bits per heavy atom. The number of Topliss-reactive ketones (excluding diaryl/α,β-unsaturated/α-hetero) is 1. The zero-order valence-electron chi connectivity index (χ0n) is 16.2. The lowest BCUT2D eigenvalue weighted by atomic mass is 10.1. The second kappa shape index (κ2) is 9.09. The van der Waals surface area contributed by atoms with Crippen LogP contribution in [0.25, 0.3) is 0 Å². The number of fused-ring (bicyclic) bond motifs is 1. The van der Waals surface area contributed by atoms with E-state index in [0.29, 0.717) is 28.5 Å². The third-order valence-electron chi connectivity index (χ3n) is 4.39. The molecule has 0 bridgehead atoms. The highest BCUT2D eigenvalue weighted by Gasteiger charge is 2.26. The van der Waals surface area contributed by atoms with Gasteiger partial charge >= 0.3 is 5.97 Å². The fourth-order valence-electron chi connectivity index (χ4n) is 2.91. The van der Waals surface area contributed by atoms with Crippen molar-refractivity contribution in [1.29, 1.82) is 0 Å². The lowest BCUT2D eigenvalue weighted by molar-refractivity contribution is -0.141. The summed E-state index contributed by atoms with van der Waals surface area (Å²) in [6.45, 7) is -0.522. The van der Waals surface area contributed by atoms with Crippen LogP contribution in [-0.2, 0) is 14.3 Å². The SMILES string of the molecule is COc1ccc(C(=O)COC(=O)CN2C(=O)CCOc3ccccc32)cc1OC. The number of amides is 1. The van der Waals surface area contributed by atoms with Crippen LogP contribution in [0.1, 0.15) is 16.8 Å². The zero-order chi connectivity index (χ0) is 20.8. The number of ketones is 1. The summed E-state index contributed by atoms with van der Waals surface area (Å²) in [5, 5.41) is 0. The molecule has 1 aliphatic heterocycles. The van der Waals surface area contributed by atoms with Crippen molar-refractivity contribution in [2.75, 3.05) is 38.9 Å². The smallest absolute Gasteiger partial charge is 0.326 e. The lowest BCUT2D eigenvalue weighted by Crippen LogP contribution is -2.36. The van der Waals surface area contributed by atoms with Crippen LogP contribution in [0.3, 0.4) is 0 Å². The number of ether oxygens (including phenoxy) is 4. The molecule has 0 N–H and O–H groups in total. The number of nitrogens with zero attached hydrogens (tertiary/aromatic N) is 1. The summed E-state index contributed by atoms with van der Waals surface area (Å²) in [7, 11) is 2.96. The van der Waals surface area contributed by atoms with Crippen molar-refractivity contribution in [3.8, 4) is 17.2 Å². The van der Waals surface area contributed by atoms with Gasteiger partial charge in [0, 0.05) is 5.56 Å². The van der Waals surface area contributed by atoms with Gasteiger partial charge < -0.3 is 18.9 Å². The fraction of sp³-hybridized carbons (Fsp3) is 0.286. The molecule has 3 rings (SSSR count). The van der Waals surface area contributed by atoms with E-state index in [0.717, 1.165) is 0 Å². The Labute approximate surface area is 167 Å². The van der Waals surface area contributed by atoms with Crippen molar-refractivity contribution in [3.63, 3.8) is 0 Å². The summed E-state index contributed by atoms with van der Waals surface area (Å²) in [5.74, 6) is 0.0674. The van der Waals surface area contributed by atoms with Crippen LogP contribution in [0, 0.1) is 0 Å². The predicted molar refractivity (Wildman–Crippen MR) is 104 cm³/mol. The van der Waals surface area contributed by atoms with Crippen molar-refractivity contribution in [2.45, 2.75) is 6.42 Å². The van der Waals surface area contributed by atoms with Crippen LogP contribution in [0.5, 0.6) is 17.2 Å². The van der Waals surface area contributed by atoms with E-state index in [1.54, 1.807) is 36.4 Å². The Bertz CT molecular complexity index is 925. The van der Waals surface area contributed by atoms with Gasteiger partial charge in [-0.1, -0.05) is 12.1 Å². The maximum Gasteiger partial charge on any atom is 0.326 e. The van der Waals surface area contributed by atoms with Crippen LogP contribution in [0.4, 0.5) is 5.69 Å². The second-order valence-corrected chi connectivity index (χ2v) is 6.20. The molecule has 0 spiro atoms. The number of anilines is 1. The summed E-state index contributed by atoms with van der Waals surface area (Å²) < 4.78 is 20.9. The van der Waals surface area contributed by atoms with Crippen molar-refractivity contribution in [3.05, 3.63) is 48.0 Å². The number of para-hydroxylation sites is 2. The average molecular weight is 399 g/mol. The molecule has 1 aliphatic rings. The summed E-state index contributed by atoms with van der Waals surface area (Å²) in [4.78, 5) is 38.3. The van der Waals surface area contributed by atoms with E-state index in [1.807, 2.05) is 0 Å². The monoisotopic (exact) mass is 399 g/mol. The molecule has 0 radical (unpaired) electrons. The number of hydrogen-bond donors (Lipinski definition) is 0. The van der Waals surface area contributed by atoms with E-state index in [1.165, 1.54) is 25.2 Å². The number of hydrogen-bond acceptors (Lipinski definition) is 7. The molecule has 2 aromatic rings. The second-order valence-electron chi connectivity index (χ2n) is 6.20. The van der Waals surface area contributed by atoms with Crippen LogP contribution in [-0.4, -0.2) is 51.6 Å². The molecule has 0 saturated carbocycles. The molecule has 8 heteroatoms. The molecule has 0 fully saturated rings. The Balaban J connectivity index is 1.64. The van der Waals surface area contributed by atoms with Crippen LogP contribution < -0.4 is 19.1 Å². The van der Waals surface area contributed by atoms with Gasteiger partial charge in [0.25, 0.3) is 0 Å². The number of rotatable bonds is 7.